The zero-order valence-electron chi connectivity index (χ0n) is 22.0. The zero-order valence-corrected chi connectivity index (χ0v) is 29.5. The van der Waals surface area contributed by atoms with Gasteiger partial charge in [-0.3, -0.25) is 9.42 Å². The number of hydrazone groups is 1. The Kier molecular flexibility index (Phi) is 18.1. The van der Waals surface area contributed by atoms with Crippen molar-refractivity contribution in [1.82, 2.24) is 9.68 Å². The Balaban J connectivity index is 0.00000684. The smallest absolute Gasteiger partial charge is 0.778 e. The van der Waals surface area contributed by atoms with Gasteiger partial charge in [0.15, 0.2) is 13.3 Å². The molecule has 11 nitrogen and oxygen atoms in total. The van der Waals surface area contributed by atoms with Crippen LogP contribution in [-0.2, 0) is 20.9 Å². The summed E-state index contributed by atoms with van der Waals surface area (Å²) in [6.45, 7) is 1.88. The van der Waals surface area contributed by atoms with E-state index in [-0.39, 0.29) is 71.2 Å². The molecule has 0 aliphatic carbocycles. The van der Waals surface area contributed by atoms with Crippen molar-refractivity contribution >= 4 is 40.3 Å². The minimum atomic E-state index is -5.07. The fourth-order valence-electron chi connectivity index (χ4n) is 3.20. The van der Waals surface area contributed by atoms with Gasteiger partial charge in [0.05, 0.1) is 26.7 Å². The molecule has 198 valence electrons. The summed E-state index contributed by atoms with van der Waals surface area (Å²) in [4.78, 5) is 43.9. The number of ether oxygens (including phenoxy) is 1. The second-order valence-electron chi connectivity index (χ2n) is 7.79. The Labute approximate surface area is 273 Å². The molecule has 0 heterocycles. The van der Waals surface area contributed by atoms with Crippen LogP contribution in [0.2, 0.25) is 0 Å². The Morgan fingerprint density at radius 1 is 1.08 bits per heavy atom. The van der Waals surface area contributed by atoms with Gasteiger partial charge in [0.1, 0.15) is 19.1 Å². The summed E-state index contributed by atoms with van der Waals surface area (Å²) in [5, 5.41) is 4.28. The van der Waals surface area contributed by atoms with Crippen molar-refractivity contribution in [3.05, 3.63) is 59.7 Å². The van der Waals surface area contributed by atoms with Crippen molar-refractivity contribution in [2.45, 2.75) is 25.5 Å². The molecular formula is C21H29N3Na2O8P3S+. The normalized spacial score (nSPS) is 15.4. The fourth-order valence-corrected chi connectivity index (χ4v) is 6.19. The Morgan fingerprint density at radius 3 is 2.11 bits per heavy atom. The number of nitrogens with zero attached hydrogens (tertiary/aromatic N) is 3. The first-order valence-electron chi connectivity index (χ1n) is 10.8. The Morgan fingerprint density at radius 2 is 1.63 bits per heavy atom. The minimum Gasteiger partial charge on any atom is -0.778 e. The summed E-state index contributed by atoms with van der Waals surface area (Å²) < 4.78 is 36.0. The summed E-state index contributed by atoms with van der Waals surface area (Å²) in [7, 11) is -8.27. The van der Waals surface area contributed by atoms with Gasteiger partial charge in [0.25, 0.3) is 0 Å². The van der Waals surface area contributed by atoms with E-state index in [0.29, 0.717) is 18.6 Å². The molecule has 38 heavy (non-hydrogen) atoms. The van der Waals surface area contributed by atoms with Crippen LogP contribution in [0.1, 0.15) is 36.7 Å². The molecule has 17 heteroatoms. The minimum absolute atomic E-state index is 0. The van der Waals surface area contributed by atoms with E-state index in [2.05, 4.69) is 5.10 Å². The number of rotatable bonds is 14. The van der Waals surface area contributed by atoms with Crippen LogP contribution in [0.4, 0.5) is 0 Å². The number of hydrogen-bond acceptors (Lipinski definition) is 9. The van der Waals surface area contributed by atoms with Gasteiger partial charge >= 0.3 is 66.2 Å². The topological polar surface area (TPSA) is 158 Å². The van der Waals surface area contributed by atoms with Gasteiger partial charge in [-0.25, -0.2) is 0 Å². The van der Waals surface area contributed by atoms with Gasteiger partial charge < -0.3 is 33.4 Å². The number of benzene rings is 2. The molecule has 4 unspecified atom stereocenters. The van der Waals surface area contributed by atoms with Gasteiger partial charge in [-0.1, -0.05) is 30.3 Å². The Bertz CT molecular complexity index is 1130. The molecule has 2 aromatic rings. The average molecular weight is 622 g/mol. The van der Waals surface area contributed by atoms with Gasteiger partial charge in [0.2, 0.25) is 11.8 Å². The van der Waals surface area contributed by atoms with Crippen molar-refractivity contribution in [3.8, 4) is 11.5 Å². The van der Waals surface area contributed by atoms with Crippen molar-refractivity contribution in [3.63, 3.8) is 0 Å². The summed E-state index contributed by atoms with van der Waals surface area (Å²) in [5.74, 6) is -0.601. The second-order valence-corrected chi connectivity index (χ2v) is 13.1. The van der Waals surface area contributed by atoms with Gasteiger partial charge in [-0.05, 0) is 60.5 Å². The Hall–Kier alpha value is 0.290. The molecule has 0 aromatic heterocycles. The molecular weight excluding hydrogens is 593 g/mol. The molecule has 0 radical (unpaired) electrons. The van der Waals surface area contributed by atoms with Crippen LogP contribution in [0.15, 0.2) is 53.6 Å². The zero-order chi connectivity index (χ0) is 26.9. The maximum absolute atomic E-state index is 12.2. The molecule has 0 aliphatic heterocycles. The van der Waals surface area contributed by atoms with Crippen LogP contribution in [-0.4, -0.2) is 52.7 Å². The molecule has 0 saturated carbocycles. The monoisotopic (exact) mass is 622 g/mol. The van der Waals surface area contributed by atoms with E-state index >= 15 is 0 Å². The summed E-state index contributed by atoms with van der Waals surface area (Å²) >= 11 is 5.39. The van der Waals surface area contributed by atoms with Crippen molar-refractivity contribution in [1.29, 1.82) is 0 Å². The van der Waals surface area contributed by atoms with Crippen LogP contribution in [0.25, 0.3) is 0 Å². The molecule has 0 bridgehead atoms. The third kappa shape index (κ3) is 13.3. The van der Waals surface area contributed by atoms with Crippen LogP contribution in [0.5, 0.6) is 11.5 Å². The van der Waals surface area contributed by atoms with Crippen LogP contribution < -0.4 is 78.2 Å². The quantitative estimate of drug-likeness (QED) is 0.0956. The SMILES string of the molecule is CCCCN(CP(=O)([O-])O)C(c1ccc(O[P+](=S)N(C)/N=C/c2ccc(OC)cc2)cc1)P(=O)([O-])O.[Na+].[Na+]. The second kappa shape index (κ2) is 18.0. The number of unbranched alkanes of at least 4 members (excludes halogenated alkanes) is 1. The molecule has 4 atom stereocenters. The molecule has 0 aliphatic rings. The van der Waals surface area contributed by atoms with Gasteiger partial charge in [-0.2, -0.15) is 0 Å². The molecule has 0 fully saturated rings. The van der Waals surface area contributed by atoms with E-state index in [1.807, 2.05) is 19.1 Å². The fraction of sp³-hybridized carbons (Fsp3) is 0.381. The standard InChI is InChI=1S/C21H30N3O8P3S.2Na/c1-4-5-14-24(16-34(25,26)27)21(35(28,29)30)18-8-12-20(13-9-18)32-33(36)23(2)22-15-17-6-10-19(31-3)11-7-17;;/h6-13,15,21H,4-5,14,16H2,1-3H3,(H3-,25,26,27,28,29,30);;/q;2*+1/p-1/b22-15+;;. The molecule has 2 N–H and O–H groups in total. The van der Waals surface area contributed by atoms with Gasteiger partial charge in [-0.15, -0.1) is 5.10 Å². The van der Waals surface area contributed by atoms with Gasteiger partial charge in [0, 0.05) is 0 Å². The van der Waals surface area contributed by atoms with Crippen molar-refractivity contribution < 1.29 is 97.1 Å². The molecule has 0 spiro atoms. The molecule has 0 saturated heterocycles. The van der Waals surface area contributed by atoms with Crippen LogP contribution in [0.3, 0.4) is 0 Å². The maximum Gasteiger partial charge on any atom is 1.00 e. The molecule has 2 aromatic carbocycles. The van der Waals surface area contributed by atoms with E-state index in [0.717, 1.165) is 16.2 Å². The van der Waals surface area contributed by atoms with Crippen molar-refractivity contribution in [2.24, 2.45) is 5.10 Å². The van der Waals surface area contributed by atoms with E-state index in [4.69, 9.17) is 21.1 Å². The molecule has 2 rings (SSSR count). The van der Waals surface area contributed by atoms with E-state index in [1.54, 1.807) is 32.5 Å². The maximum atomic E-state index is 12.2. The van der Waals surface area contributed by atoms with Crippen LogP contribution >= 0.6 is 22.3 Å². The predicted octanol–water partition coefficient (Wildman–Crippen LogP) is -3.03. The largest absolute Gasteiger partial charge is 1.00 e. The first-order chi connectivity index (χ1) is 16.8. The van der Waals surface area contributed by atoms with E-state index < -0.39 is 34.3 Å². The first kappa shape index (κ1) is 38.3. The third-order valence-electron chi connectivity index (χ3n) is 4.90. The summed E-state index contributed by atoms with van der Waals surface area (Å²) in [6.07, 6.45) is 1.81. The summed E-state index contributed by atoms with van der Waals surface area (Å²) in [5.41, 5.74) is 0.952. The summed E-state index contributed by atoms with van der Waals surface area (Å²) in [6, 6.07) is 13.0. The molecule has 0 amide bonds. The first-order valence-corrected chi connectivity index (χ1v) is 16.4. The van der Waals surface area contributed by atoms with E-state index in [1.165, 1.54) is 29.0 Å². The number of hydrogen-bond donors (Lipinski definition) is 2. The van der Waals surface area contributed by atoms with E-state index in [9.17, 15) is 28.7 Å². The van der Waals surface area contributed by atoms with Crippen LogP contribution in [0, 0.1) is 0 Å². The van der Waals surface area contributed by atoms with Crippen molar-refractivity contribution in [2.75, 3.05) is 27.0 Å². The predicted molar refractivity (Wildman–Crippen MR) is 139 cm³/mol. The third-order valence-corrected chi connectivity index (χ3v) is 8.74. The number of methoxy groups -OCH3 is 1. The average Bonchev–Trinajstić information content (AvgIpc) is 2.80.